The van der Waals surface area contributed by atoms with Crippen LogP contribution in [0.2, 0.25) is 5.02 Å². The molecule has 4 heteroatoms. The predicted molar refractivity (Wildman–Crippen MR) is 99.8 cm³/mol. The van der Waals surface area contributed by atoms with Crippen LogP contribution in [-0.4, -0.2) is 12.0 Å². The Kier molecular flexibility index (Phi) is 5.89. The number of carbonyl (C=O) groups is 1. The zero-order valence-corrected chi connectivity index (χ0v) is 15.4. The molecule has 3 nitrogen and oxygen atoms in total. The van der Waals surface area contributed by atoms with Gasteiger partial charge >= 0.3 is 0 Å². The Morgan fingerprint density at radius 2 is 1.67 bits per heavy atom. The van der Waals surface area contributed by atoms with Crippen LogP contribution in [0, 0.1) is 5.41 Å². The number of ether oxygens (including phenoxy) is 1. The van der Waals surface area contributed by atoms with Crippen LogP contribution < -0.4 is 10.1 Å². The Bertz CT molecular complexity index is 676. The molecule has 0 spiro atoms. The topological polar surface area (TPSA) is 38.3 Å². The zero-order valence-electron chi connectivity index (χ0n) is 14.6. The lowest BCUT2D eigenvalue weighted by molar-refractivity contribution is -0.123. The van der Waals surface area contributed by atoms with Crippen molar-refractivity contribution in [1.29, 1.82) is 0 Å². The SMILES string of the molecule is CC(C)Oc1ccc(NC(=O)C(C)(C)Cc2ccc(Cl)cc2)cc1. The molecule has 2 aromatic carbocycles. The average Bonchev–Trinajstić information content (AvgIpc) is 2.51. The highest BCUT2D eigenvalue weighted by atomic mass is 35.5. The molecule has 2 aromatic rings. The maximum absolute atomic E-state index is 12.6. The summed E-state index contributed by atoms with van der Waals surface area (Å²) in [6.07, 6.45) is 0.772. The van der Waals surface area contributed by atoms with Crippen LogP contribution in [0.5, 0.6) is 5.75 Å². The largest absolute Gasteiger partial charge is 0.491 e. The fourth-order valence-electron chi connectivity index (χ4n) is 2.38. The van der Waals surface area contributed by atoms with Crippen molar-refractivity contribution in [1.82, 2.24) is 0 Å². The number of benzene rings is 2. The second-order valence-electron chi connectivity index (χ2n) is 6.83. The molecule has 128 valence electrons. The third-order valence-electron chi connectivity index (χ3n) is 3.66. The number of hydrogen-bond donors (Lipinski definition) is 1. The predicted octanol–water partition coefficient (Wildman–Crippen LogP) is 5.33. The van der Waals surface area contributed by atoms with Gasteiger partial charge in [0.25, 0.3) is 0 Å². The molecule has 0 aromatic heterocycles. The fraction of sp³-hybridized carbons (Fsp3) is 0.350. The van der Waals surface area contributed by atoms with Crippen molar-refractivity contribution >= 4 is 23.2 Å². The van der Waals surface area contributed by atoms with Gasteiger partial charge in [-0.2, -0.15) is 0 Å². The van der Waals surface area contributed by atoms with Crippen LogP contribution >= 0.6 is 11.6 Å². The van der Waals surface area contributed by atoms with Gasteiger partial charge < -0.3 is 10.1 Å². The van der Waals surface area contributed by atoms with Gasteiger partial charge in [-0.15, -0.1) is 0 Å². The van der Waals surface area contributed by atoms with Crippen molar-refractivity contribution in [3.63, 3.8) is 0 Å². The smallest absolute Gasteiger partial charge is 0.230 e. The van der Waals surface area contributed by atoms with Crippen LogP contribution in [0.3, 0.4) is 0 Å². The summed E-state index contributed by atoms with van der Waals surface area (Å²) in [6, 6.07) is 15.0. The van der Waals surface area contributed by atoms with E-state index in [0.29, 0.717) is 11.4 Å². The van der Waals surface area contributed by atoms with Crippen LogP contribution in [-0.2, 0) is 11.2 Å². The second-order valence-corrected chi connectivity index (χ2v) is 7.27. The summed E-state index contributed by atoms with van der Waals surface area (Å²) >= 11 is 5.91. The van der Waals surface area contributed by atoms with Gasteiger partial charge in [-0.05, 0) is 62.2 Å². The van der Waals surface area contributed by atoms with Crippen molar-refractivity contribution in [2.75, 3.05) is 5.32 Å². The van der Waals surface area contributed by atoms with Crippen LogP contribution in [0.4, 0.5) is 5.69 Å². The summed E-state index contributed by atoms with van der Waals surface area (Å²) < 4.78 is 5.61. The minimum Gasteiger partial charge on any atom is -0.491 e. The molecule has 2 rings (SSSR count). The molecule has 1 amide bonds. The number of carbonyl (C=O) groups excluding carboxylic acids is 1. The minimum absolute atomic E-state index is 0.0185. The van der Waals surface area contributed by atoms with Gasteiger partial charge in [-0.25, -0.2) is 0 Å². The molecule has 0 fully saturated rings. The Morgan fingerprint density at radius 3 is 2.21 bits per heavy atom. The maximum atomic E-state index is 12.6. The summed E-state index contributed by atoms with van der Waals surface area (Å²) in [6.45, 7) is 7.84. The average molecular weight is 346 g/mol. The Labute approximate surface area is 149 Å². The summed E-state index contributed by atoms with van der Waals surface area (Å²) in [5.74, 6) is 0.776. The van der Waals surface area contributed by atoms with Gasteiger partial charge in [0.1, 0.15) is 5.75 Å². The van der Waals surface area contributed by atoms with E-state index >= 15 is 0 Å². The normalized spacial score (nSPS) is 11.4. The van der Waals surface area contributed by atoms with E-state index in [9.17, 15) is 4.79 Å². The Balaban J connectivity index is 2.00. The lowest BCUT2D eigenvalue weighted by Gasteiger charge is -2.24. The number of anilines is 1. The molecule has 0 radical (unpaired) electrons. The van der Waals surface area contributed by atoms with E-state index in [1.54, 1.807) is 0 Å². The first-order chi connectivity index (χ1) is 11.3. The maximum Gasteiger partial charge on any atom is 0.230 e. The fourth-order valence-corrected chi connectivity index (χ4v) is 2.51. The molecule has 24 heavy (non-hydrogen) atoms. The van der Waals surface area contributed by atoms with E-state index in [-0.39, 0.29) is 12.0 Å². The van der Waals surface area contributed by atoms with Crippen LogP contribution in [0.25, 0.3) is 0 Å². The van der Waals surface area contributed by atoms with Gasteiger partial charge in [0.05, 0.1) is 6.10 Å². The van der Waals surface area contributed by atoms with Crippen molar-refractivity contribution in [3.05, 3.63) is 59.1 Å². The molecular weight excluding hydrogens is 322 g/mol. The number of hydrogen-bond acceptors (Lipinski definition) is 2. The number of nitrogens with one attached hydrogen (secondary N) is 1. The standard InChI is InChI=1S/C20H24ClNO2/c1-14(2)24-18-11-9-17(10-12-18)22-19(23)20(3,4)13-15-5-7-16(21)8-6-15/h5-12,14H,13H2,1-4H3,(H,22,23). The van der Waals surface area contributed by atoms with Gasteiger partial charge in [-0.3, -0.25) is 4.79 Å². The highest BCUT2D eigenvalue weighted by molar-refractivity contribution is 6.30. The lowest BCUT2D eigenvalue weighted by atomic mass is 9.84. The van der Waals surface area contributed by atoms with E-state index in [1.165, 1.54) is 0 Å². The number of rotatable bonds is 6. The van der Waals surface area contributed by atoms with Crippen molar-refractivity contribution in [2.24, 2.45) is 5.41 Å². The third kappa shape index (κ3) is 5.27. The molecule has 0 heterocycles. The molecule has 0 aliphatic carbocycles. The summed E-state index contributed by atoms with van der Waals surface area (Å²) in [5.41, 5.74) is 1.32. The van der Waals surface area contributed by atoms with Crippen LogP contribution in [0.15, 0.2) is 48.5 Å². The van der Waals surface area contributed by atoms with Crippen LogP contribution in [0.1, 0.15) is 33.3 Å². The molecule has 0 saturated carbocycles. The summed E-state index contributed by atoms with van der Waals surface area (Å²) in [5, 5.41) is 3.67. The van der Waals surface area contributed by atoms with Gasteiger partial charge in [0, 0.05) is 16.1 Å². The molecule has 0 saturated heterocycles. The van der Waals surface area contributed by atoms with Gasteiger partial charge in [-0.1, -0.05) is 37.6 Å². The molecular formula is C20H24ClNO2. The third-order valence-corrected chi connectivity index (χ3v) is 3.91. The van der Waals surface area contributed by atoms with Crippen molar-refractivity contribution in [3.8, 4) is 5.75 Å². The first kappa shape index (κ1) is 18.3. The zero-order chi connectivity index (χ0) is 17.7. The highest BCUT2D eigenvalue weighted by Gasteiger charge is 2.28. The number of halogens is 1. The van der Waals surface area contributed by atoms with Crippen molar-refractivity contribution < 1.29 is 9.53 Å². The molecule has 0 aliphatic rings. The first-order valence-corrected chi connectivity index (χ1v) is 8.47. The quantitative estimate of drug-likeness (QED) is 0.767. The van der Waals surface area contributed by atoms with E-state index in [2.05, 4.69) is 5.32 Å². The second kappa shape index (κ2) is 7.71. The lowest BCUT2D eigenvalue weighted by Crippen LogP contribution is -2.32. The van der Waals surface area contributed by atoms with Gasteiger partial charge in [0.2, 0.25) is 5.91 Å². The van der Waals surface area contributed by atoms with E-state index in [4.69, 9.17) is 16.3 Å². The monoisotopic (exact) mass is 345 g/mol. The molecule has 0 aliphatic heterocycles. The number of amides is 1. The molecule has 0 unspecified atom stereocenters. The highest BCUT2D eigenvalue weighted by Crippen LogP contribution is 2.26. The van der Waals surface area contributed by atoms with E-state index in [0.717, 1.165) is 17.0 Å². The van der Waals surface area contributed by atoms with E-state index < -0.39 is 5.41 Å². The molecule has 0 bridgehead atoms. The summed E-state index contributed by atoms with van der Waals surface area (Å²) in [7, 11) is 0. The van der Waals surface area contributed by atoms with Crippen molar-refractivity contribution in [2.45, 2.75) is 40.2 Å². The Hall–Kier alpha value is -2.00. The first-order valence-electron chi connectivity index (χ1n) is 8.09. The Morgan fingerprint density at radius 1 is 1.08 bits per heavy atom. The molecule has 0 atom stereocenters. The van der Waals surface area contributed by atoms with E-state index in [1.807, 2.05) is 76.2 Å². The molecule has 1 N–H and O–H groups in total. The summed E-state index contributed by atoms with van der Waals surface area (Å²) in [4.78, 5) is 12.6. The van der Waals surface area contributed by atoms with Gasteiger partial charge in [0.15, 0.2) is 0 Å². The minimum atomic E-state index is -0.527.